The van der Waals surface area contributed by atoms with Crippen molar-refractivity contribution >= 4 is 17.3 Å². The maximum atomic E-state index is 5.83. The number of rotatable bonds is 7. The number of thiazole rings is 1. The molecule has 2 aromatic rings. The average molecular weight is 318 g/mol. The third-order valence-corrected chi connectivity index (χ3v) is 3.97. The minimum Gasteiger partial charge on any atom is -0.383 e. The van der Waals surface area contributed by atoms with Gasteiger partial charge in [-0.25, -0.2) is 4.98 Å². The quantitative estimate of drug-likeness (QED) is 0.607. The minimum atomic E-state index is 0.151. The van der Waals surface area contributed by atoms with E-state index < -0.39 is 0 Å². The maximum absolute atomic E-state index is 5.83. The molecule has 22 heavy (non-hydrogen) atoms. The average Bonchev–Trinajstić information content (AvgIpc) is 2.97. The summed E-state index contributed by atoms with van der Waals surface area (Å²) in [5.74, 6) is 0.447. The number of benzene rings is 1. The monoisotopic (exact) mass is 318 g/mol. The fourth-order valence-electron chi connectivity index (χ4n) is 2.02. The van der Waals surface area contributed by atoms with Crippen molar-refractivity contribution < 1.29 is 4.74 Å². The van der Waals surface area contributed by atoms with E-state index in [1.807, 2.05) is 25.1 Å². The molecule has 0 spiro atoms. The number of guanidine groups is 1. The summed E-state index contributed by atoms with van der Waals surface area (Å²) < 4.78 is 5.04. The number of nitrogens with zero attached hydrogens (tertiary/aromatic N) is 2. The number of aromatic nitrogens is 1. The van der Waals surface area contributed by atoms with Crippen molar-refractivity contribution in [2.24, 2.45) is 10.7 Å². The standard InChI is InChI=1S/C16H22N4OS/c1-12(10-21-2)19-16(17)18-9-8-14-11-22-15(20-14)13-6-4-3-5-7-13/h3-7,11-12H,8-10H2,1-2H3,(H3,17,18,19). The van der Waals surface area contributed by atoms with Gasteiger partial charge < -0.3 is 15.8 Å². The van der Waals surface area contributed by atoms with Crippen LogP contribution in [0.15, 0.2) is 40.7 Å². The molecule has 1 aromatic heterocycles. The van der Waals surface area contributed by atoms with Gasteiger partial charge in [0.25, 0.3) is 0 Å². The SMILES string of the molecule is COCC(C)NC(N)=NCCc1csc(-c2ccccc2)n1. The van der Waals surface area contributed by atoms with E-state index in [-0.39, 0.29) is 6.04 Å². The predicted molar refractivity (Wildman–Crippen MR) is 92.2 cm³/mol. The normalized spacial score (nSPS) is 13.1. The number of nitrogens with one attached hydrogen (secondary N) is 1. The summed E-state index contributed by atoms with van der Waals surface area (Å²) in [4.78, 5) is 8.95. The van der Waals surface area contributed by atoms with Gasteiger partial charge >= 0.3 is 0 Å². The van der Waals surface area contributed by atoms with E-state index in [9.17, 15) is 0 Å². The van der Waals surface area contributed by atoms with Crippen molar-refractivity contribution in [1.29, 1.82) is 0 Å². The lowest BCUT2D eigenvalue weighted by atomic mass is 10.2. The highest BCUT2D eigenvalue weighted by molar-refractivity contribution is 7.13. The van der Waals surface area contributed by atoms with Gasteiger partial charge in [0.1, 0.15) is 5.01 Å². The third-order valence-electron chi connectivity index (χ3n) is 3.03. The lowest BCUT2D eigenvalue weighted by Crippen LogP contribution is -2.40. The Labute approximate surface area is 135 Å². The predicted octanol–water partition coefficient (Wildman–Crippen LogP) is 2.29. The molecule has 0 radical (unpaired) electrons. The fourth-order valence-corrected chi connectivity index (χ4v) is 2.88. The van der Waals surface area contributed by atoms with Gasteiger partial charge in [0.15, 0.2) is 5.96 Å². The van der Waals surface area contributed by atoms with E-state index >= 15 is 0 Å². The van der Waals surface area contributed by atoms with E-state index in [0.29, 0.717) is 19.1 Å². The van der Waals surface area contributed by atoms with Crippen LogP contribution in [0.5, 0.6) is 0 Å². The zero-order valence-corrected chi connectivity index (χ0v) is 13.8. The lowest BCUT2D eigenvalue weighted by molar-refractivity contribution is 0.179. The summed E-state index contributed by atoms with van der Waals surface area (Å²) in [7, 11) is 1.66. The molecule has 118 valence electrons. The Morgan fingerprint density at radius 1 is 1.41 bits per heavy atom. The van der Waals surface area contributed by atoms with Gasteiger partial charge in [-0.3, -0.25) is 4.99 Å². The van der Waals surface area contributed by atoms with Crippen molar-refractivity contribution in [2.45, 2.75) is 19.4 Å². The minimum absolute atomic E-state index is 0.151. The van der Waals surface area contributed by atoms with Crippen LogP contribution in [0.25, 0.3) is 10.6 Å². The number of hydrogen-bond acceptors (Lipinski definition) is 4. The molecule has 0 bridgehead atoms. The Bertz CT molecular complexity index is 597. The number of aliphatic imine (C=N–C) groups is 1. The molecule has 0 aliphatic carbocycles. The van der Waals surface area contributed by atoms with Gasteiger partial charge in [-0.05, 0) is 6.92 Å². The number of hydrogen-bond donors (Lipinski definition) is 2. The summed E-state index contributed by atoms with van der Waals surface area (Å²) in [5, 5.41) is 6.20. The Morgan fingerprint density at radius 3 is 2.91 bits per heavy atom. The lowest BCUT2D eigenvalue weighted by Gasteiger charge is -2.12. The highest BCUT2D eigenvalue weighted by Crippen LogP contribution is 2.23. The van der Waals surface area contributed by atoms with Crippen molar-refractivity contribution in [1.82, 2.24) is 10.3 Å². The topological polar surface area (TPSA) is 72.5 Å². The molecule has 3 N–H and O–H groups in total. The molecule has 0 fully saturated rings. The van der Waals surface area contributed by atoms with Crippen molar-refractivity contribution in [3.05, 3.63) is 41.4 Å². The Morgan fingerprint density at radius 2 is 2.18 bits per heavy atom. The molecular formula is C16H22N4OS. The van der Waals surface area contributed by atoms with Crippen molar-refractivity contribution in [3.63, 3.8) is 0 Å². The van der Waals surface area contributed by atoms with E-state index in [1.165, 1.54) is 0 Å². The first kappa shape index (κ1) is 16.5. The second kappa shape index (κ2) is 8.51. The van der Waals surface area contributed by atoms with Gasteiger partial charge in [0.05, 0.1) is 12.3 Å². The molecule has 1 unspecified atom stereocenters. The van der Waals surface area contributed by atoms with E-state index in [2.05, 4.69) is 32.8 Å². The molecule has 0 saturated carbocycles. The van der Waals surface area contributed by atoms with Crippen LogP contribution in [0.2, 0.25) is 0 Å². The summed E-state index contributed by atoms with van der Waals surface area (Å²) in [6.45, 7) is 3.22. The first-order valence-corrected chi connectivity index (χ1v) is 8.12. The molecule has 0 amide bonds. The van der Waals surface area contributed by atoms with Crippen LogP contribution in [0.3, 0.4) is 0 Å². The van der Waals surface area contributed by atoms with Gasteiger partial charge in [0.2, 0.25) is 0 Å². The van der Waals surface area contributed by atoms with E-state index in [1.54, 1.807) is 18.4 Å². The zero-order chi connectivity index (χ0) is 15.8. The molecule has 5 nitrogen and oxygen atoms in total. The largest absolute Gasteiger partial charge is 0.383 e. The number of methoxy groups -OCH3 is 1. The van der Waals surface area contributed by atoms with E-state index in [0.717, 1.165) is 22.7 Å². The summed E-state index contributed by atoms with van der Waals surface area (Å²) in [6, 6.07) is 10.3. The second-order valence-electron chi connectivity index (χ2n) is 5.03. The molecule has 1 aromatic carbocycles. The summed E-state index contributed by atoms with van der Waals surface area (Å²) in [5.41, 5.74) is 8.03. The van der Waals surface area contributed by atoms with Gasteiger partial charge in [-0.15, -0.1) is 11.3 Å². The van der Waals surface area contributed by atoms with Crippen LogP contribution in [-0.2, 0) is 11.2 Å². The fraction of sp³-hybridized carbons (Fsp3) is 0.375. The first-order chi connectivity index (χ1) is 10.7. The van der Waals surface area contributed by atoms with Gasteiger partial charge in [0, 0.05) is 37.1 Å². The van der Waals surface area contributed by atoms with Crippen molar-refractivity contribution in [3.8, 4) is 10.6 Å². The van der Waals surface area contributed by atoms with E-state index in [4.69, 9.17) is 10.5 Å². The third kappa shape index (κ3) is 5.13. The summed E-state index contributed by atoms with van der Waals surface area (Å²) in [6.07, 6.45) is 0.782. The van der Waals surface area contributed by atoms with Crippen molar-refractivity contribution in [2.75, 3.05) is 20.3 Å². The zero-order valence-electron chi connectivity index (χ0n) is 13.0. The van der Waals surface area contributed by atoms with Gasteiger partial charge in [-0.1, -0.05) is 30.3 Å². The molecule has 0 saturated heterocycles. The van der Waals surface area contributed by atoms with Crippen LogP contribution in [0, 0.1) is 0 Å². The molecule has 2 rings (SSSR count). The Hall–Kier alpha value is -1.92. The number of nitrogens with two attached hydrogens (primary N) is 1. The number of ether oxygens (including phenoxy) is 1. The highest BCUT2D eigenvalue weighted by Gasteiger charge is 2.04. The highest BCUT2D eigenvalue weighted by atomic mass is 32.1. The molecule has 1 heterocycles. The molecule has 0 aliphatic rings. The molecule has 0 aliphatic heterocycles. The maximum Gasteiger partial charge on any atom is 0.188 e. The molecule has 6 heteroatoms. The first-order valence-electron chi connectivity index (χ1n) is 7.24. The van der Waals surface area contributed by atoms with Crippen LogP contribution in [0.4, 0.5) is 0 Å². The smallest absolute Gasteiger partial charge is 0.188 e. The second-order valence-corrected chi connectivity index (χ2v) is 5.89. The summed E-state index contributed by atoms with van der Waals surface area (Å²) >= 11 is 1.66. The van der Waals surface area contributed by atoms with Crippen LogP contribution < -0.4 is 11.1 Å². The molecule has 1 atom stereocenters. The molecular weight excluding hydrogens is 296 g/mol. The Kier molecular flexibility index (Phi) is 6.36. The van der Waals surface area contributed by atoms with Crippen LogP contribution in [0.1, 0.15) is 12.6 Å². The Balaban J connectivity index is 1.84. The van der Waals surface area contributed by atoms with Gasteiger partial charge in [-0.2, -0.15) is 0 Å². The van der Waals surface area contributed by atoms with Crippen LogP contribution in [-0.4, -0.2) is 37.2 Å². The van der Waals surface area contributed by atoms with Crippen LogP contribution >= 0.6 is 11.3 Å².